The summed E-state index contributed by atoms with van der Waals surface area (Å²) in [6.45, 7) is 5.09. The van der Waals surface area contributed by atoms with E-state index < -0.39 is 4.92 Å². The number of rotatable bonds is 6. The zero-order chi connectivity index (χ0) is 24.5. The molecule has 182 valence electrons. The van der Waals surface area contributed by atoms with E-state index in [1.165, 1.54) is 6.07 Å². The number of hydrogen-bond acceptors (Lipinski definition) is 7. The number of carbonyl (C=O) groups is 2. The Morgan fingerprint density at radius 1 is 0.914 bits per heavy atom. The van der Waals surface area contributed by atoms with Crippen molar-refractivity contribution < 1.29 is 19.2 Å². The first-order valence-electron chi connectivity index (χ1n) is 12.0. The summed E-state index contributed by atoms with van der Waals surface area (Å²) in [4.78, 5) is 42.8. The highest BCUT2D eigenvalue weighted by atomic mass is 16.6. The summed E-state index contributed by atoms with van der Waals surface area (Å²) in [5, 5.41) is 12.0. The number of piperazine rings is 1. The van der Waals surface area contributed by atoms with Gasteiger partial charge in [0, 0.05) is 32.2 Å². The first-order valence-corrected chi connectivity index (χ1v) is 12.0. The van der Waals surface area contributed by atoms with E-state index in [9.17, 15) is 19.7 Å². The van der Waals surface area contributed by atoms with Gasteiger partial charge in [0.2, 0.25) is 11.8 Å². The number of hydrogen-bond donors (Lipinski definition) is 0. The first kappa shape index (κ1) is 22.9. The average molecular weight is 477 g/mol. The Labute approximate surface area is 203 Å². The predicted octanol–water partition coefficient (Wildman–Crippen LogP) is 3.78. The topological polar surface area (TPSA) is 96.2 Å². The highest BCUT2D eigenvalue weighted by Crippen LogP contribution is 2.40. The SMILES string of the molecule is CCOc1ccccc1N1CCN(c2ccc(N3C(=O)[C@@H]4CC=CC[C@H]4C3=O)cc2[N+](=O)[O-])CC1. The van der Waals surface area contributed by atoms with Crippen LogP contribution in [0.1, 0.15) is 19.8 Å². The quantitative estimate of drug-likeness (QED) is 0.271. The molecule has 2 saturated heterocycles. The summed E-state index contributed by atoms with van der Waals surface area (Å²) in [5.41, 5.74) is 1.68. The van der Waals surface area contributed by atoms with Crippen LogP contribution in [-0.2, 0) is 9.59 Å². The molecule has 0 saturated carbocycles. The third-order valence-corrected chi connectivity index (χ3v) is 7.05. The van der Waals surface area contributed by atoms with Gasteiger partial charge >= 0.3 is 0 Å². The number of carbonyl (C=O) groups excluding carboxylic acids is 2. The number of amides is 2. The van der Waals surface area contributed by atoms with E-state index in [0.717, 1.165) is 16.3 Å². The Morgan fingerprint density at radius 3 is 2.11 bits per heavy atom. The maximum absolute atomic E-state index is 12.9. The van der Waals surface area contributed by atoms with Crippen molar-refractivity contribution in [3.05, 3.63) is 64.7 Å². The van der Waals surface area contributed by atoms with Crippen molar-refractivity contribution in [2.45, 2.75) is 19.8 Å². The first-order chi connectivity index (χ1) is 17.0. The Hall–Kier alpha value is -3.88. The third-order valence-electron chi connectivity index (χ3n) is 7.05. The van der Waals surface area contributed by atoms with Gasteiger partial charge < -0.3 is 14.5 Å². The van der Waals surface area contributed by atoms with Crippen molar-refractivity contribution >= 4 is 34.6 Å². The van der Waals surface area contributed by atoms with Crippen LogP contribution in [0.4, 0.5) is 22.7 Å². The summed E-state index contributed by atoms with van der Waals surface area (Å²) in [6.07, 6.45) is 4.91. The Kier molecular flexibility index (Phi) is 6.15. The summed E-state index contributed by atoms with van der Waals surface area (Å²) in [7, 11) is 0. The molecule has 2 fully saturated rings. The summed E-state index contributed by atoms with van der Waals surface area (Å²) < 4.78 is 5.76. The van der Waals surface area contributed by atoms with E-state index in [1.807, 2.05) is 48.2 Å². The van der Waals surface area contributed by atoms with Crippen molar-refractivity contribution in [2.75, 3.05) is 47.5 Å². The van der Waals surface area contributed by atoms with E-state index in [1.54, 1.807) is 12.1 Å². The van der Waals surface area contributed by atoms with Crippen LogP contribution in [0.15, 0.2) is 54.6 Å². The van der Waals surface area contributed by atoms with Gasteiger partial charge in [-0.25, -0.2) is 4.90 Å². The van der Waals surface area contributed by atoms with E-state index >= 15 is 0 Å². The van der Waals surface area contributed by atoms with Crippen LogP contribution in [-0.4, -0.2) is 49.5 Å². The van der Waals surface area contributed by atoms with Gasteiger partial charge in [0.15, 0.2) is 0 Å². The standard InChI is InChI=1S/C26H28N4O5/c1-2-35-24-10-6-5-9-22(24)28-15-13-27(14-16-28)21-12-11-18(17-23(21)30(33)34)29-25(31)19-7-3-4-8-20(19)26(29)32/h3-6,9-12,17,19-20H,2,7-8,13-16H2,1H3/t19-,20-/m1/s1. The highest BCUT2D eigenvalue weighted by molar-refractivity contribution is 6.22. The lowest BCUT2D eigenvalue weighted by molar-refractivity contribution is -0.384. The van der Waals surface area contributed by atoms with E-state index in [4.69, 9.17) is 4.74 Å². The second-order valence-electron chi connectivity index (χ2n) is 8.97. The number of allylic oxidation sites excluding steroid dienone is 2. The molecule has 2 atom stereocenters. The zero-order valence-corrected chi connectivity index (χ0v) is 19.6. The molecule has 5 rings (SSSR count). The molecular formula is C26H28N4O5. The van der Waals surface area contributed by atoms with Crippen molar-refractivity contribution in [1.82, 2.24) is 0 Å². The second kappa shape index (κ2) is 9.40. The molecule has 0 spiro atoms. The molecule has 0 radical (unpaired) electrons. The lowest BCUT2D eigenvalue weighted by Gasteiger charge is -2.37. The van der Waals surface area contributed by atoms with Gasteiger partial charge in [-0.2, -0.15) is 0 Å². The Morgan fingerprint density at radius 2 is 1.51 bits per heavy atom. The molecule has 35 heavy (non-hydrogen) atoms. The second-order valence-corrected chi connectivity index (χ2v) is 8.97. The van der Waals surface area contributed by atoms with Crippen LogP contribution in [0.25, 0.3) is 0 Å². The highest BCUT2D eigenvalue weighted by Gasteiger charge is 2.48. The minimum Gasteiger partial charge on any atom is -0.492 e. The van der Waals surface area contributed by atoms with E-state index in [-0.39, 0.29) is 35.0 Å². The van der Waals surface area contributed by atoms with Gasteiger partial charge in [0.05, 0.1) is 34.7 Å². The fraction of sp³-hybridized carbons (Fsp3) is 0.385. The van der Waals surface area contributed by atoms with Crippen LogP contribution in [0.5, 0.6) is 5.75 Å². The fourth-order valence-electron chi connectivity index (χ4n) is 5.30. The molecule has 0 aromatic heterocycles. The normalized spacial score (nSPS) is 21.9. The smallest absolute Gasteiger partial charge is 0.294 e. The van der Waals surface area contributed by atoms with Crippen molar-refractivity contribution in [1.29, 1.82) is 0 Å². The number of nitrogens with zero attached hydrogens (tertiary/aromatic N) is 4. The van der Waals surface area contributed by atoms with Crippen molar-refractivity contribution in [2.24, 2.45) is 11.8 Å². The molecular weight excluding hydrogens is 448 g/mol. The maximum atomic E-state index is 12.9. The van der Waals surface area contributed by atoms with Gasteiger partial charge in [-0.1, -0.05) is 24.3 Å². The number of fused-ring (bicyclic) bond motifs is 1. The summed E-state index contributed by atoms with van der Waals surface area (Å²) in [6, 6.07) is 12.6. The van der Waals surface area contributed by atoms with Gasteiger partial charge in [0.1, 0.15) is 11.4 Å². The monoisotopic (exact) mass is 476 g/mol. The van der Waals surface area contributed by atoms with Gasteiger partial charge in [-0.05, 0) is 44.0 Å². The van der Waals surface area contributed by atoms with Gasteiger partial charge in [0.25, 0.3) is 5.69 Å². The minimum absolute atomic E-state index is 0.0979. The molecule has 9 nitrogen and oxygen atoms in total. The zero-order valence-electron chi connectivity index (χ0n) is 19.6. The summed E-state index contributed by atoms with van der Waals surface area (Å²) >= 11 is 0. The van der Waals surface area contributed by atoms with Crippen molar-refractivity contribution in [3.8, 4) is 5.75 Å². The third kappa shape index (κ3) is 4.11. The molecule has 2 aromatic carbocycles. The number of ether oxygens (including phenoxy) is 1. The molecule has 3 aliphatic rings. The largest absolute Gasteiger partial charge is 0.492 e. The van der Waals surface area contributed by atoms with Crippen LogP contribution in [0.3, 0.4) is 0 Å². The predicted molar refractivity (Wildman–Crippen MR) is 133 cm³/mol. The van der Waals surface area contributed by atoms with Crippen LogP contribution < -0.4 is 19.4 Å². The molecule has 0 bridgehead atoms. The van der Waals surface area contributed by atoms with Crippen molar-refractivity contribution in [3.63, 3.8) is 0 Å². The molecule has 2 aliphatic heterocycles. The fourth-order valence-corrected chi connectivity index (χ4v) is 5.30. The Balaban J connectivity index is 1.36. The summed E-state index contributed by atoms with van der Waals surface area (Å²) in [5.74, 6) is -0.465. The van der Waals surface area contributed by atoms with Crippen LogP contribution >= 0.6 is 0 Å². The molecule has 2 aromatic rings. The van der Waals surface area contributed by atoms with Gasteiger partial charge in [-0.15, -0.1) is 0 Å². The van der Waals surface area contributed by atoms with E-state index in [0.29, 0.717) is 51.3 Å². The van der Waals surface area contributed by atoms with Crippen LogP contribution in [0.2, 0.25) is 0 Å². The van der Waals surface area contributed by atoms with Gasteiger partial charge in [-0.3, -0.25) is 19.7 Å². The number of nitro benzene ring substituents is 1. The molecule has 2 heterocycles. The number of para-hydroxylation sites is 2. The molecule has 0 N–H and O–H groups in total. The lowest BCUT2D eigenvalue weighted by atomic mass is 9.85. The molecule has 0 unspecified atom stereocenters. The number of benzene rings is 2. The van der Waals surface area contributed by atoms with E-state index in [2.05, 4.69) is 4.90 Å². The number of anilines is 3. The average Bonchev–Trinajstić information content (AvgIpc) is 3.14. The molecule has 1 aliphatic carbocycles. The van der Waals surface area contributed by atoms with Crippen LogP contribution in [0, 0.1) is 22.0 Å². The Bertz CT molecular complexity index is 1160. The molecule has 2 amide bonds. The molecule has 9 heteroatoms. The maximum Gasteiger partial charge on any atom is 0.294 e. The number of nitro groups is 1. The lowest BCUT2D eigenvalue weighted by Crippen LogP contribution is -2.46. The number of imide groups is 1. The minimum atomic E-state index is -0.435.